The van der Waals surface area contributed by atoms with E-state index in [0.29, 0.717) is 12.8 Å². The number of thioether (sulfide) groups is 1. The van der Waals surface area contributed by atoms with Crippen molar-refractivity contribution in [1.82, 2.24) is 5.32 Å². The van der Waals surface area contributed by atoms with Crippen LogP contribution in [0.15, 0.2) is 29.2 Å². The van der Waals surface area contributed by atoms with Crippen molar-refractivity contribution in [2.45, 2.75) is 36.1 Å². The number of carbonyl (C=O) groups excluding carboxylic acids is 1. The third-order valence-corrected chi connectivity index (χ3v) is 4.44. The average molecular weight is 297 g/mol. The minimum Gasteiger partial charge on any atom is -0.480 e. The molecule has 0 aromatic heterocycles. The first-order chi connectivity index (χ1) is 9.52. The molecule has 1 saturated carbocycles. The predicted molar refractivity (Wildman–Crippen MR) is 74.1 cm³/mol. The Morgan fingerprint density at radius 1 is 1.25 bits per heavy atom. The van der Waals surface area contributed by atoms with Crippen molar-refractivity contribution >= 4 is 23.6 Å². The lowest BCUT2D eigenvalue weighted by Crippen LogP contribution is -2.53. The zero-order chi connectivity index (χ0) is 14.6. The highest BCUT2D eigenvalue weighted by molar-refractivity contribution is 8.00. The van der Waals surface area contributed by atoms with Crippen LogP contribution in [0.5, 0.6) is 0 Å². The number of carboxylic acids is 1. The maximum atomic E-state index is 12.7. The molecular weight excluding hydrogens is 281 g/mol. The van der Waals surface area contributed by atoms with Gasteiger partial charge in [0.25, 0.3) is 0 Å². The van der Waals surface area contributed by atoms with Gasteiger partial charge in [-0.2, -0.15) is 0 Å². The van der Waals surface area contributed by atoms with Crippen LogP contribution in [0.25, 0.3) is 0 Å². The highest BCUT2D eigenvalue weighted by atomic mass is 32.2. The molecule has 0 saturated heterocycles. The summed E-state index contributed by atoms with van der Waals surface area (Å²) in [6.07, 6.45) is 2.60. The van der Waals surface area contributed by atoms with Crippen molar-refractivity contribution in [2.75, 3.05) is 5.75 Å². The second-order valence-electron chi connectivity index (χ2n) is 4.89. The second kappa shape index (κ2) is 6.26. The summed E-state index contributed by atoms with van der Waals surface area (Å²) >= 11 is 1.26. The number of carboxylic acid groups (broad SMARTS) is 1. The first kappa shape index (κ1) is 14.8. The number of hydrogen-bond acceptors (Lipinski definition) is 3. The minimum absolute atomic E-state index is 0.126. The van der Waals surface area contributed by atoms with Crippen LogP contribution in [0, 0.1) is 5.82 Å². The Morgan fingerprint density at radius 3 is 2.40 bits per heavy atom. The van der Waals surface area contributed by atoms with Crippen molar-refractivity contribution in [3.63, 3.8) is 0 Å². The van der Waals surface area contributed by atoms with Crippen LogP contribution in [0.1, 0.15) is 25.7 Å². The minimum atomic E-state index is -1.10. The Labute approximate surface area is 120 Å². The zero-order valence-corrected chi connectivity index (χ0v) is 11.7. The number of aliphatic carboxylic acids is 1. The van der Waals surface area contributed by atoms with E-state index >= 15 is 0 Å². The number of amides is 1. The lowest BCUT2D eigenvalue weighted by molar-refractivity contribution is -0.147. The van der Waals surface area contributed by atoms with Crippen molar-refractivity contribution in [3.8, 4) is 0 Å². The molecule has 20 heavy (non-hydrogen) atoms. The molecule has 2 rings (SSSR count). The van der Waals surface area contributed by atoms with Gasteiger partial charge in [0, 0.05) is 4.90 Å². The summed E-state index contributed by atoms with van der Waals surface area (Å²) in [6, 6.07) is 5.84. The van der Waals surface area contributed by atoms with Crippen molar-refractivity contribution in [3.05, 3.63) is 30.1 Å². The highest BCUT2D eigenvalue weighted by Crippen LogP contribution is 2.30. The van der Waals surface area contributed by atoms with E-state index in [9.17, 15) is 19.1 Å². The van der Waals surface area contributed by atoms with E-state index in [1.54, 1.807) is 12.1 Å². The molecule has 0 spiro atoms. The van der Waals surface area contributed by atoms with E-state index < -0.39 is 11.5 Å². The van der Waals surface area contributed by atoms with Crippen LogP contribution in [-0.2, 0) is 9.59 Å². The van der Waals surface area contributed by atoms with Crippen LogP contribution < -0.4 is 5.32 Å². The second-order valence-corrected chi connectivity index (χ2v) is 5.93. The Bertz CT molecular complexity index is 498. The molecule has 0 atom stereocenters. The molecule has 2 N–H and O–H groups in total. The van der Waals surface area contributed by atoms with Gasteiger partial charge in [-0.1, -0.05) is 12.8 Å². The van der Waals surface area contributed by atoms with E-state index in [1.165, 1.54) is 23.9 Å². The summed E-state index contributed by atoms with van der Waals surface area (Å²) in [5.41, 5.74) is -1.10. The summed E-state index contributed by atoms with van der Waals surface area (Å²) in [4.78, 5) is 24.0. The van der Waals surface area contributed by atoms with E-state index in [2.05, 4.69) is 5.32 Å². The lowest BCUT2D eigenvalue weighted by atomic mass is 9.98. The first-order valence-corrected chi connectivity index (χ1v) is 7.43. The van der Waals surface area contributed by atoms with Gasteiger partial charge in [-0.25, -0.2) is 9.18 Å². The number of benzene rings is 1. The normalized spacial score (nSPS) is 16.9. The van der Waals surface area contributed by atoms with E-state index in [0.717, 1.165) is 17.7 Å². The van der Waals surface area contributed by atoms with E-state index in [4.69, 9.17) is 0 Å². The van der Waals surface area contributed by atoms with Crippen molar-refractivity contribution < 1.29 is 19.1 Å². The van der Waals surface area contributed by atoms with Gasteiger partial charge in [-0.3, -0.25) is 4.79 Å². The molecule has 1 aliphatic carbocycles. The Morgan fingerprint density at radius 2 is 1.85 bits per heavy atom. The van der Waals surface area contributed by atoms with Gasteiger partial charge in [-0.05, 0) is 37.1 Å². The molecule has 108 valence electrons. The topological polar surface area (TPSA) is 66.4 Å². The van der Waals surface area contributed by atoms with Crippen LogP contribution in [-0.4, -0.2) is 28.3 Å². The van der Waals surface area contributed by atoms with Crippen molar-refractivity contribution in [2.24, 2.45) is 0 Å². The van der Waals surface area contributed by atoms with Gasteiger partial charge in [0.2, 0.25) is 5.91 Å². The van der Waals surface area contributed by atoms with Gasteiger partial charge in [-0.15, -0.1) is 11.8 Å². The molecule has 0 aliphatic heterocycles. The fourth-order valence-corrected chi connectivity index (χ4v) is 3.05. The maximum absolute atomic E-state index is 12.7. The number of hydrogen-bond donors (Lipinski definition) is 2. The van der Waals surface area contributed by atoms with Crippen LogP contribution in [0.4, 0.5) is 4.39 Å². The predicted octanol–water partition coefficient (Wildman–Crippen LogP) is 2.43. The number of nitrogens with one attached hydrogen (secondary N) is 1. The Kier molecular flexibility index (Phi) is 4.65. The Hall–Kier alpha value is -1.56. The smallest absolute Gasteiger partial charge is 0.329 e. The summed E-state index contributed by atoms with van der Waals surface area (Å²) in [5.74, 6) is -1.46. The van der Waals surface area contributed by atoms with Gasteiger partial charge >= 0.3 is 5.97 Å². The van der Waals surface area contributed by atoms with Crippen molar-refractivity contribution in [1.29, 1.82) is 0 Å². The third-order valence-electron chi connectivity index (χ3n) is 3.43. The first-order valence-electron chi connectivity index (χ1n) is 6.45. The van der Waals surface area contributed by atoms with Gasteiger partial charge in [0.1, 0.15) is 11.4 Å². The molecule has 0 radical (unpaired) electrons. The molecule has 0 unspecified atom stereocenters. The standard InChI is InChI=1S/C14H16FNO3S/c15-10-3-5-11(6-4-10)20-9-12(17)16-14(13(18)19)7-1-2-8-14/h3-6H,1-2,7-9H2,(H,16,17)(H,18,19). The van der Waals surface area contributed by atoms with E-state index in [-0.39, 0.29) is 17.5 Å². The van der Waals surface area contributed by atoms with E-state index in [1.807, 2.05) is 0 Å². The monoisotopic (exact) mass is 297 g/mol. The molecule has 1 aliphatic rings. The number of carbonyl (C=O) groups is 2. The average Bonchev–Trinajstić information content (AvgIpc) is 2.88. The quantitative estimate of drug-likeness (QED) is 0.819. The Balaban J connectivity index is 1.89. The SMILES string of the molecule is O=C(CSc1ccc(F)cc1)NC1(C(=O)O)CCCC1. The fraction of sp³-hybridized carbons (Fsp3) is 0.429. The zero-order valence-electron chi connectivity index (χ0n) is 10.9. The van der Waals surface area contributed by atoms with Gasteiger partial charge in [0.05, 0.1) is 5.75 Å². The number of rotatable bonds is 5. The molecule has 4 nitrogen and oxygen atoms in total. The molecule has 1 aromatic carbocycles. The van der Waals surface area contributed by atoms with Crippen LogP contribution in [0.2, 0.25) is 0 Å². The summed E-state index contributed by atoms with van der Waals surface area (Å²) < 4.78 is 12.7. The maximum Gasteiger partial charge on any atom is 0.329 e. The molecule has 1 amide bonds. The molecule has 1 fully saturated rings. The van der Waals surface area contributed by atoms with Gasteiger partial charge in [0.15, 0.2) is 0 Å². The van der Waals surface area contributed by atoms with Crippen LogP contribution >= 0.6 is 11.8 Å². The molecule has 1 aromatic rings. The summed E-state index contributed by atoms with van der Waals surface area (Å²) in [7, 11) is 0. The van der Waals surface area contributed by atoms with Gasteiger partial charge < -0.3 is 10.4 Å². The lowest BCUT2D eigenvalue weighted by Gasteiger charge is -2.25. The fourth-order valence-electron chi connectivity index (χ4n) is 2.35. The number of halogens is 1. The van der Waals surface area contributed by atoms with Crippen LogP contribution in [0.3, 0.4) is 0 Å². The highest BCUT2D eigenvalue weighted by Gasteiger charge is 2.42. The molecular formula is C14H16FNO3S. The molecule has 6 heteroatoms. The molecule has 0 heterocycles. The molecule has 0 bridgehead atoms. The third kappa shape index (κ3) is 3.50. The largest absolute Gasteiger partial charge is 0.480 e. The summed E-state index contributed by atoms with van der Waals surface area (Å²) in [6.45, 7) is 0. The summed E-state index contributed by atoms with van der Waals surface area (Å²) in [5, 5.41) is 11.9.